The van der Waals surface area contributed by atoms with Gasteiger partial charge in [-0.2, -0.15) is 13.2 Å². The molecule has 1 N–H and O–H groups in total. The lowest BCUT2D eigenvalue weighted by Gasteiger charge is -2.10. The maximum Gasteiger partial charge on any atom is 0.416 e. The summed E-state index contributed by atoms with van der Waals surface area (Å²) in [6.45, 7) is 0.381. The van der Waals surface area contributed by atoms with Gasteiger partial charge in [-0.1, -0.05) is 22.0 Å². The molecule has 20 heavy (non-hydrogen) atoms. The standard InChI is InChI=1S/C14H10BrF4N/c15-13-7-11(16)4-1-9(13)8-20-12-5-2-10(3-6-12)14(17,18)19/h1-7,20H,8H2. The molecule has 0 unspecified atom stereocenters. The van der Waals surface area contributed by atoms with E-state index in [9.17, 15) is 17.6 Å². The van der Waals surface area contributed by atoms with Crippen LogP contribution in [0.25, 0.3) is 0 Å². The Morgan fingerprint density at radius 3 is 2.20 bits per heavy atom. The van der Waals surface area contributed by atoms with Gasteiger partial charge in [-0.3, -0.25) is 0 Å². The number of hydrogen-bond donors (Lipinski definition) is 1. The molecule has 2 rings (SSSR count). The number of halogens is 5. The second-order valence-corrected chi connectivity index (χ2v) is 5.02. The van der Waals surface area contributed by atoms with Gasteiger partial charge in [0.15, 0.2) is 0 Å². The Morgan fingerprint density at radius 2 is 1.65 bits per heavy atom. The molecule has 0 saturated heterocycles. The zero-order valence-corrected chi connectivity index (χ0v) is 11.7. The van der Waals surface area contributed by atoms with E-state index in [1.54, 1.807) is 6.07 Å². The van der Waals surface area contributed by atoms with Crippen LogP contribution >= 0.6 is 15.9 Å². The van der Waals surface area contributed by atoms with Crippen LogP contribution < -0.4 is 5.32 Å². The topological polar surface area (TPSA) is 12.0 Å². The van der Waals surface area contributed by atoms with Gasteiger partial charge in [0, 0.05) is 16.7 Å². The van der Waals surface area contributed by atoms with Crippen molar-refractivity contribution in [1.82, 2.24) is 0 Å². The second-order valence-electron chi connectivity index (χ2n) is 4.16. The highest BCUT2D eigenvalue weighted by molar-refractivity contribution is 9.10. The van der Waals surface area contributed by atoms with Gasteiger partial charge >= 0.3 is 6.18 Å². The number of rotatable bonds is 3. The number of alkyl halides is 3. The average molecular weight is 348 g/mol. The predicted octanol–water partition coefficient (Wildman–Crippen LogP) is 5.22. The monoisotopic (exact) mass is 347 g/mol. The van der Waals surface area contributed by atoms with Crippen molar-refractivity contribution in [1.29, 1.82) is 0 Å². The van der Waals surface area contributed by atoms with E-state index >= 15 is 0 Å². The third kappa shape index (κ3) is 3.72. The first-order chi connectivity index (χ1) is 9.36. The Labute approximate surface area is 121 Å². The third-order valence-electron chi connectivity index (χ3n) is 2.71. The summed E-state index contributed by atoms with van der Waals surface area (Å²) in [5.74, 6) is -0.352. The van der Waals surface area contributed by atoms with Crippen molar-refractivity contribution in [3.8, 4) is 0 Å². The Bertz CT molecular complexity index is 593. The lowest BCUT2D eigenvalue weighted by Crippen LogP contribution is -2.05. The summed E-state index contributed by atoms with van der Waals surface area (Å²) >= 11 is 3.23. The lowest BCUT2D eigenvalue weighted by atomic mass is 10.2. The molecule has 2 aromatic rings. The first kappa shape index (κ1) is 14.8. The highest BCUT2D eigenvalue weighted by Gasteiger charge is 2.29. The van der Waals surface area contributed by atoms with E-state index in [1.807, 2.05) is 0 Å². The summed E-state index contributed by atoms with van der Waals surface area (Å²) in [4.78, 5) is 0. The van der Waals surface area contributed by atoms with Gasteiger partial charge in [-0.15, -0.1) is 0 Å². The summed E-state index contributed by atoms with van der Waals surface area (Å²) in [6.07, 6.45) is -4.33. The van der Waals surface area contributed by atoms with Gasteiger partial charge < -0.3 is 5.32 Å². The van der Waals surface area contributed by atoms with Crippen molar-refractivity contribution in [3.05, 3.63) is 63.9 Å². The number of nitrogens with one attached hydrogen (secondary N) is 1. The summed E-state index contributed by atoms with van der Waals surface area (Å²) in [5, 5.41) is 2.98. The van der Waals surface area contributed by atoms with Crippen LogP contribution in [0.2, 0.25) is 0 Å². The van der Waals surface area contributed by atoms with Crippen LogP contribution in [-0.2, 0) is 12.7 Å². The maximum absolute atomic E-state index is 12.9. The first-order valence-electron chi connectivity index (χ1n) is 5.71. The molecule has 0 bridgehead atoms. The van der Waals surface area contributed by atoms with Crippen molar-refractivity contribution in [2.45, 2.75) is 12.7 Å². The molecular formula is C14H10BrF4N. The Morgan fingerprint density at radius 1 is 1.00 bits per heavy atom. The van der Waals surface area contributed by atoms with Crippen molar-refractivity contribution in [3.63, 3.8) is 0 Å². The molecular weight excluding hydrogens is 338 g/mol. The van der Waals surface area contributed by atoms with Gasteiger partial charge in [0.05, 0.1) is 5.56 Å². The molecule has 6 heteroatoms. The molecule has 0 radical (unpaired) electrons. The van der Waals surface area contributed by atoms with Crippen LogP contribution in [0, 0.1) is 5.82 Å². The van der Waals surface area contributed by atoms with Crippen LogP contribution in [-0.4, -0.2) is 0 Å². The Balaban J connectivity index is 2.04. The molecule has 0 heterocycles. The van der Waals surface area contributed by atoms with E-state index in [0.29, 0.717) is 16.7 Å². The highest BCUT2D eigenvalue weighted by Crippen LogP contribution is 2.30. The summed E-state index contributed by atoms with van der Waals surface area (Å²) in [5.41, 5.74) is 0.687. The molecule has 0 aliphatic rings. The molecule has 1 nitrogen and oxygen atoms in total. The van der Waals surface area contributed by atoms with Gasteiger partial charge in [0.2, 0.25) is 0 Å². The SMILES string of the molecule is Fc1ccc(CNc2ccc(C(F)(F)F)cc2)c(Br)c1. The smallest absolute Gasteiger partial charge is 0.381 e. The van der Waals surface area contributed by atoms with Crippen LogP contribution in [0.1, 0.15) is 11.1 Å². The van der Waals surface area contributed by atoms with Gasteiger partial charge in [0.25, 0.3) is 0 Å². The molecule has 106 valence electrons. The molecule has 0 saturated carbocycles. The fourth-order valence-corrected chi connectivity index (χ4v) is 2.13. The number of anilines is 1. The quantitative estimate of drug-likeness (QED) is 0.750. The van der Waals surface area contributed by atoms with E-state index in [1.165, 1.54) is 24.3 Å². The van der Waals surface area contributed by atoms with Crippen LogP contribution in [0.4, 0.5) is 23.2 Å². The zero-order chi connectivity index (χ0) is 14.8. The largest absolute Gasteiger partial charge is 0.416 e. The zero-order valence-electron chi connectivity index (χ0n) is 10.1. The van der Waals surface area contributed by atoms with Crippen molar-refractivity contribution < 1.29 is 17.6 Å². The minimum absolute atomic E-state index is 0.352. The molecule has 0 spiro atoms. The average Bonchev–Trinajstić information content (AvgIpc) is 2.37. The van der Waals surface area contributed by atoms with Gasteiger partial charge in [0.1, 0.15) is 5.82 Å². The van der Waals surface area contributed by atoms with E-state index in [4.69, 9.17) is 0 Å². The highest BCUT2D eigenvalue weighted by atomic mass is 79.9. The minimum atomic E-state index is -4.33. The summed E-state index contributed by atoms with van der Waals surface area (Å²) < 4.78 is 50.7. The van der Waals surface area contributed by atoms with Gasteiger partial charge in [-0.25, -0.2) is 4.39 Å². The number of hydrogen-bond acceptors (Lipinski definition) is 1. The molecule has 0 aliphatic heterocycles. The van der Waals surface area contributed by atoms with Crippen LogP contribution in [0.5, 0.6) is 0 Å². The Kier molecular flexibility index (Phi) is 4.32. The van der Waals surface area contributed by atoms with Crippen molar-refractivity contribution in [2.75, 3.05) is 5.32 Å². The number of benzene rings is 2. The molecule has 0 amide bonds. The van der Waals surface area contributed by atoms with Gasteiger partial charge in [-0.05, 0) is 42.0 Å². The summed E-state index contributed by atoms with van der Waals surface area (Å²) in [6, 6.07) is 9.03. The normalized spacial score (nSPS) is 11.4. The first-order valence-corrected chi connectivity index (χ1v) is 6.50. The van der Waals surface area contributed by atoms with Crippen molar-refractivity contribution in [2.24, 2.45) is 0 Å². The minimum Gasteiger partial charge on any atom is -0.381 e. The van der Waals surface area contributed by atoms with E-state index in [2.05, 4.69) is 21.2 Å². The fraction of sp³-hybridized carbons (Fsp3) is 0.143. The predicted molar refractivity (Wildman–Crippen MR) is 72.9 cm³/mol. The lowest BCUT2D eigenvalue weighted by molar-refractivity contribution is -0.137. The van der Waals surface area contributed by atoms with E-state index in [0.717, 1.165) is 17.7 Å². The van der Waals surface area contributed by atoms with E-state index in [-0.39, 0.29) is 5.82 Å². The fourth-order valence-electron chi connectivity index (χ4n) is 1.64. The van der Waals surface area contributed by atoms with Crippen LogP contribution in [0.15, 0.2) is 46.9 Å². The molecule has 0 aromatic heterocycles. The van der Waals surface area contributed by atoms with Crippen molar-refractivity contribution >= 4 is 21.6 Å². The summed E-state index contributed by atoms with van der Waals surface area (Å²) in [7, 11) is 0. The van der Waals surface area contributed by atoms with E-state index < -0.39 is 11.7 Å². The van der Waals surface area contributed by atoms with Crippen LogP contribution in [0.3, 0.4) is 0 Å². The maximum atomic E-state index is 12.9. The molecule has 0 aliphatic carbocycles. The molecule has 2 aromatic carbocycles. The molecule has 0 atom stereocenters. The third-order valence-corrected chi connectivity index (χ3v) is 3.45. The Hall–Kier alpha value is -1.56. The molecule has 0 fully saturated rings. The second kappa shape index (κ2) is 5.83.